The van der Waals surface area contributed by atoms with E-state index < -0.39 is 0 Å². The highest BCUT2D eigenvalue weighted by Crippen LogP contribution is 2.25. The molecule has 0 N–H and O–H groups in total. The molecule has 0 bridgehead atoms. The van der Waals surface area contributed by atoms with Crippen molar-refractivity contribution >= 4 is 11.0 Å². The molecule has 4 aromatic rings. The average molecular weight is 300 g/mol. The van der Waals surface area contributed by atoms with Gasteiger partial charge in [-0.25, -0.2) is 4.79 Å². The minimum atomic E-state index is -0.347. The second kappa shape index (κ2) is 5.50. The molecule has 110 valence electrons. The lowest BCUT2D eigenvalue weighted by molar-refractivity contribution is 0.563. The van der Waals surface area contributed by atoms with Gasteiger partial charge in [0.2, 0.25) is 0 Å². The fraction of sp³-hybridized carbons (Fsp3) is 0. The van der Waals surface area contributed by atoms with Crippen molar-refractivity contribution in [3.05, 3.63) is 83.6 Å². The van der Waals surface area contributed by atoms with Crippen molar-refractivity contribution in [2.45, 2.75) is 0 Å². The molecule has 0 aliphatic rings. The maximum absolute atomic E-state index is 12.3. The van der Waals surface area contributed by atoms with Gasteiger partial charge in [0, 0.05) is 23.3 Å². The zero-order chi connectivity index (χ0) is 15.6. The van der Waals surface area contributed by atoms with Crippen LogP contribution in [0, 0.1) is 0 Å². The molecule has 0 unspecified atom stereocenters. The van der Waals surface area contributed by atoms with Gasteiger partial charge < -0.3 is 4.42 Å². The summed E-state index contributed by atoms with van der Waals surface area (Å²) in [5, 5.41) is 0.871. The second-order valence-corrected chi connectivity index (χ2v) is 5.16. The van der Waals surface area contributed by atoms with Gasteiger partial charge in [-0.3, -0.25) is 9.97 Å². The third-order valence-corrected chi connectivity index (χ3v) is 3.68. The third kappa shape index (κ3) is 2.51. The van der Waals surface area contributed by atoms with Gasteiger partial charge >= 0.3 is 5.63 Å². The van der Waals surface area contributed by atoms with Crippen molar-refractivity contribution in [1.29, 1.82) is 0 Å². The molecule has 0 spiro atoms. The van der Waals surface area contributed by atoms with Crippen LogP contribution in [-0.4, -0.2) is 9.97 Å². The van der Waals surface area contributed by atoms with Gasteiger partial charge in [0.15, 0.2) is 0 Å². The molecular formula is C19H12N2O2. The van der Waals surface area contributed by atoms with E-state index in [4.69, 9.17) is 4.42 Å². The van der Waals surface area contributed by atoms with Gasteiger partial charge in [-0.05, 0) is 17.7 Å². The number of benzene rings is 2. The number of aromatic nitrogens is 2. The minimum absolute atomic E-state index is 0.347. The van der Waals surface area contributed by atoms with Crippen LogP contribution in [0.1, 0.15) is 0 Å². The largest absolute Gasteiger partial charge is 0.422 e. The molecule has 0 amide bonds. The van der Waals surface area contributed by atoms with Gasteiger partial charge in [0.05, 0.1) is 17.5 Å². The van der Waals surface area contributed by atoms with Crippen LogP contribution in [0.2, 0.25) is 0 Å². The predicted molar refractivity (Wildman–Crippen MR) is 88.9 cm³/mol. The van der Waals surface area contributed by atoms with Gasteiger partial charge in [0.1, 0.15) is 5.58 Å². The van der Waals surface area contributed by atoms with Crippen molar-refractivity contribution in [2.75, 3.05) is 0 Å². The van der Waals surface area contributed by atoms with Crippen LogP contribution >= 0.6 is 0 Å². The van der Waals surface area contributed by atoms with Crippen LogP contribution in [0.3, 0.4) is 0 Å². The Morgan fingerprint density at radius 2 is 1.74 bits per heavy atom. The highest BCUT2D eigenvalue weighted by molar-refractivity contribution is 5.85. The normalized spacial score (nSPS) is 10.8. The first-order chi connectivity index (χ1) is 11.3. The van der Waals surface area contributed by atoms with E-state index in [1.807, 2.05) is 54.6 Å². The van der Waals surface area contributed by atoms with Crippen LogP contribution in [0.15, 0.2) is 82.4 Å². The van der Waals surface area contributed by atoms with Crippen LogP contribution in [0.5, 0.6) is 0 Å². The van der Waals surface area contributed by atoms with E-state index in [-0.39, 0.29) is 5.63 Å². The van der Waals surface area contributed by atoms with Crippen molar-refractivity contribution < 1.29 is 4.42 Å². The van der Waals surface area contributed by atoms with E-state index in [0.29, 0.717) is 11.1 Å². The van der Waals surface area contributed by atoms with E-state index in [9.17, 15) is 4.79 Å². The first-order valence-electron chi connectivity index (χ1n) is 7.21. The molecule has 2 heterocycles. The van der Waals surface area contributed by atoms with Crippen molar-refractivity contribution in [3.63, 3.8) is 0 Å². The molecule has 4 rings (SSSR count). The van der Waals surface area contributed by atoms with Crippen LogP contribution in [0.25, 0.3) is 33.4 Å². The Hall–Kier alpha value is -3.27. The van der Waals surface area contributed by atoms with E-state index in [1.165, 1.54) is 0 Å². The third-order valence-electron chi connectivity index (χ3n) is 3.68. The molecule has 23 heavy (non-hydrogen) atoms. The molecule has 0 saturated carbocycles. The summed E-state index contributed by atoms with van der Waals surface area (Å²) in [6, 6.07) is 17.0. The molecule has 0 radical (unpaired) electrons. The Labute approximate surface area is 132 Å². The highest BCUT2D eigenvalue weighted by Gasteiger charge is 2.09. The topological polar surface area (TPSA) is 56.0 Å². The van der Waals surface area contributed by atoms with Crippen molar-refractivity contribution in [1.82, 2.24) is 9.97 Å². The lowest BCUT2D eigenvalue weighted by Gasteiger charge is -2.04. The molecule has 4 heteroatoms. The lowest BCUT2D eigenvalue weighted by atomic mass is 10.0. The lowest BCUT2D eigenvalue weighted by Crippen LogP contribution is -2.02. The first-order valence-corrected chi connectivity index (χ1v) is 7.21. The zero-order valence-corrected chi connectivity index (χ0v) is 12.1. The summed E-state index contributed by atoms with van der Waals surface area (Å²) in [6.07, 6.45) is 4.93. The number of nitrogens with zero attached hydrogens (tertiary/aromatic N) is 2. The van der Waals surface area contributed by atoms with E-state index >= 15 is 0 Å². The minimum Gasteiger partial charge on any atom is -0.422 e. The summed E-state index contributed by atoms with van der Waals surface area (Å²) in [7, 11) is 0. The summed E-state index contributed by atoms with van der Waals surface area (Å²) in [4.78, 5) is 20.6. The summed E-state index contributed by atoms with van der Waals surface area (Å²) in [6.45, 7) is 0. The number of hydrogen-bond acceptors (Lipinski definition) is 4. The number of fused-ring (bicyclic) bond motifs is 1. The summed E-state index contributed by atoms with van der Waals surface area (Å²) < 4.78 is 5.51. The van der Waals surface area contributed by atoms with Gasteiger partial charge in [-0.15, -0.1) is 0 Å². The Balaban J connectivity index is 1.88. The molecule has 0 aliphatic carbocycles. The summed E-state index contributed by atoms with van der Waals surface area (Å²) in [5.41, 5.74) is 3.20. The van der Waals surface area contributed by atoms with Crippen molar-refractivity contribution in [2.24, 2.45) is 0 Å². The standard InChI is InChI=1S/C19H12N2O2/c22-19-16(13-4-2-1-3-5-13)10-15-7-6-14(11-18(15)23-19)17-12-20-8-9-21-17/h1-12H. The molecule has 0 fully saturated rings. The summed E-state index contributed by atoms with van der Waals surface area (Å²) in [5.74, 6) is 0. The molecular weight excluding hydrogens is 288 g/mol. The summed E-state index contributed by atoms with van der Waals surface area (Å²) >= 11 is 0. The fourth-order valence-electron chi connectivity index (χ4n) is 2.54. The molecule has 0 atom stereocenters. The predicted octanol–water partition coefficient (Wildman–Crippen LogP) is 3.92. The second-order valence-electron chi connectivity index (χ2n) is 5.16. The van der Waals surface area contributed by atoms with E-state index in [2.05, 4.69) is 9.97 Å². The maximum atomic E-state index is 12.3. The quantitative estimate of drug-likeness (QED) is 0.527. The Kier molecular flexibility index (Phi) is 3.20. The zero-order valence-electron chi connectivity index (χ0n) is 12.1. The highest BCUT2D eigenvalue weighted by atomic mass is 16.4. The first kappa shape index (κ1) is 13.4. The molecule has 2 aromatic heterocycles. The van der Waals surface area contributed by atoms with Crippen LogP contribution in [-0.2, 0) is 0 Å². The Morgan fingerprint density at radius 3 is 2.52 bits per heavy atom. The molecule has 0 aliphatic heterocycles. The van der Waals surface area contributed by atoms with Gasteiger partial charge in [0.25, 0.3) is 0 Å². The van der Waals surface area contributed by atoms with Crippen molar-refractivity contribution in [3.8, 4) is 22.4 Å². The van der Waals surface area contributed by atoms with Gasteiger partial charge in [-0.2, -0.15) is 0 Å². The molecule has 4 nitrogen and oxygen atoms in total. The van der Waals surface area contributed by atoms with Crippen LogP contribution < -0.4 is 5.63 Å². The molecule has 2 aromatic carbocycles. The molecule has 0 saturated heterocycles. The fourth-order valence-corrected chi connectivity index (χ4v) is 2.54. The number of hydrogen-bond donors (Lipinski definition) is 0. The Morgan fingerprint density at radius 1 is 0.870 bits per heavy atom. The smallest absolute Gasteiger partial charge is 0.344 e. The Bertz CT molecular complexity index is 1030. The van der Waals surface area contributed by atoms with E-state index in [0.717, 1.165) is 22.2 Å². The monoisotopic (exact) mass is 300 g/mol. The SMILES string of the molecule is O=c1oc2cc(-c3cnccn3)ccc2cc1-c1ccccc1. The van der Waals surface area contributed by atoms with E-state index in [1.54, 1.807) is 18.6 Å². The maximum Gasteiger partial charge on any atom is 0.344 e. The number of rotatable bonds is 2. The van der Waals surface area contributed by atoms with Gasteiger partial charge in [-0.1, -0.05) is 42.5 Å². The van der Waals surface area contributed by atoms with Crippen LogP contribution in [0.4, 0.5) is 0 Å². The average Bonchev–Trinajstić information content (AvgIpc) is 2.62.